The second-order valence-electron chi connectivity index (χ2n) is 3.52. The molecule has 0 aliphatic carbocycles. The van der Waals surface area contributed by atoms with Crippen molar-refractivity contribution in [2.75, 3.05) is 18.5 Å². The fraction of sp³-hybridized carbons (Fsp3) is 0.250. The number of hydrogen-bond acceptors (Lipinski definition) is 4. The molecule has 0 saturated carbocycles. The molecule has 3 N–H and O–H groups in total. The summed E-state index contributed by atoms with van der Waals surface area (Å²) in [5.41, 5.74) is 1.18. The number of anilines is 1. The van der Waals surface area contributed by atoms with Crippen LogP contribution in [0.1, 0.15) is 6.92 Å². The van der Waals surface area contributed by atoms with E-state index in [4.69, 9.17) is 10.2 Å². The topological polar surface area (TPSA) is 113 Å². The molecular weight excluding hydrogens is 252 g/mol. The number of hydrogen-bond donors (Lipinski definition) is 3. The van der Waals surface area contributed by atoms with Gasteiger partial charge in [0.25, 0.3) is 0 Å². The van der Waals surface area contributed by atoms with Gasteiger partial charge in [-0.2, -0.15) is 0 Å². The van der Waals surface area contributed by atoms with Crippen LogP contribution in [0.25, 0.3) is 0 Å². The third kappa shape index (κ3) is 10.5. The van der Waals surface area contributed by atoms with Crippen molar-refractivity contribution in [1.82, 2.24) is 0 Å². The number of para-hydroxylation sites is 1. The van der Waals surface area contributed by atoms with E-state index in [0.717, 1.165) is 0 Å². The lowest BCUT2D eigenvalue weighted by Gasteiger charge is -1.96. The Bertz CT molecular complexity index is 431. The van der Waals surface area contributed by atoms with Gasteiger partial charge in [0.2, 0.25) is 6.54 Å². The molecule has 0 atom stereocenters. The average Bonchev–Trinajstić information content (AvgIpc) is 2.29. The Morgan fingerprint density at radius 1 is 1.42 bits per heavy atom. The predicted octanol–water partition coefficient (Wildman–Crippen LogP) is 1.98. The first-order chi connectivity index (χ1) is 8.95. The minimum atomic E-state index is -1.04. The van der Waals surface area contributed by atoms with Crippen LogP contribution in [0.2, 0.25) is 0 Å². The summed E-state index contributed by atoms with van der Waals surface area (Å²) >= 11 is 0. The standard InChI is InChI=1S/C7H7NO2.C5H9NO3/c9-7(10)8-6-4-2-1-3-5-6;1-5(2-3-7)4-6(8)9/h1-5,8H,(H,9,10);2,7H,3-4H2,1H3. The van der Waals surface area contributed by atoms with Gasteiger partial charge < -0.3 is 10.2 Å². The number of carboxylic acid groups (broad SMARTS) is 1. The number of aliphatic hydroxyl groups excluding tert-OH is 1. The van der Waals surface area contributed by atoms with Crippen LogP contribution in [0.15, 0.2) is 42.0 Å². The van der Waals surface area contributed by atoms with Crippen LogP contribution in [0.4, 0.5) is 10.5 Å². The van der Waals surface area contributed by atoms with E-state index in [1.54, 1.807) is 31.2 Å². The first kappa shape index (κ1) is 16.6. The lowest BCUT2D eigenvalue weighted by Crippen LogP contribution is -2.06. The molecule has 7 heteroatoms. The third-order valence-electron chi connectivity index (χ3n) is 1.84. The Hall–Kier alpha value is -2.41. The highest BCUT2D eigenvalue weighted by molar-refractivity contribution is 5.82. The fourth-order valence-corrected chi connectivity index (χ4v) is 1.07. The smallest absolute Gasteiger partial charge is 0.409 e. The monoisotopic (exact) mass is 268 g/mol. The number of rotatable bonds is 4. The highest BCUT2D eigenvalue weighted by Gasteiger charge is 1.96. The normalized spacial score (nSPS) is 10.1. The molecule has 0 aromatic heterocycles. The Morgan fingerprint density at radius 3 is 2.42 bits per heavy atom. The molecule has 0 aliphatic rings. The molecule has 0 aliphatic heterocycles. The summed E-state index contributed by atoms with van der Waals surface area (Å²) in [5.74, 6) is 0. The van der Waals surface area contributed by atoms with Crippen molar-refractivity contribution >= 4 is 11.8 Å². The lowest BCUT2D eigenvalue weighted by atomic mass is 10.3. The van der Waals surface area contributed by atoms with Crippen molar-refractivity contribution in [2.45, 2.75) is 6.92 Å². The van der Waals surface area contributed by atoms with E-state index in [0.29, 0.717) is 11.3 Å². The van der Waals surface area contributed by atoms with Gasteiger partial charge in [-0.05, 0) is 24.6 Å². The molecule has 1 amide bonds. The summed E-state index contributed by atoms with van der Waals surface area (Å²) in [7, 11) is 0. The second kappa shape index (κ2) is 9.60. The first-order valence-electron chi connectivity index (χ1n) is 5.39. The van der Waals surface area contributed by atoms with E-state index in [9.17, 15) is 14.9 Å². The molecule has 0 heterocycles. The molecule has 0 bridgehead atoms. The van der Waals surface area contributed by atoms with Crippen LogP contribution in [0.3, 0.4) is 0 Å². The van der Waals surface area contributed by atoms with Gasteiger partial charge in [0.05, 0.1) is 6.61 Å². The number of carbonyl (C=O) groups is 1. The molecule has 0 unspecified atom stereocenters. The van der Waals surface area contributed by atoms with Crippen LogP contribution in [-0.2, 0) is 0 Å². The van der Waals surface area contributed by atoms with Gasteiger partial charge in [-0.1, -0.05) is 24.3 Å². The quantitative estimate of drug-likeness (QED) is 0.439. The first-order valence-corrected chi connectivity index (χ1v) is 5.39. The number of nitrogens with one attached hydrogen (secondary N) is 1. The number of benzene rings is 1. The maximum atomic E-state index is 10.1. The van der Waals surface area contributed by atoms with Crippen molar-refractivity contribution in [1.29, 1.82) is 0 Å². The Labute approximate surface area is 110 Å². The fourth-order valence-electron chi connectivity index (χ4n) is 1.07. The van der Waals surface area contributed by atoms with E-state index in [1.165, 1.54) is 6.08 Å². The van der Waals surface area contributed by atoms with Crippen LogP contribution in [0, 0.1) is 10.1 Å². The molecule has 1 aromatic carbocycles. The molecule has 0 fully saturated rings. The highest BCUT2D eigenvalue weighted by atomic mass is 16.6. The third-order valence-corrected chi connectivity index (χ3v) is 1.84. The van der Waals surface area contributed by atoms with Crippen molar-refractivity contribution in [3.8, 4) is 0 Å². The van der Waals surface area contributed by atoms with Gasteiger partial charge in [-0.3, -0.25) is 15.4 Å². The SMILES string of the molecule is CC(=CCO)C[N+](=O)[O-].O=C(O)Nc1ccccc1. The van der Waals surface area contributed by atoms with E-state index >= 15 is 0 Å². The summed E-state index contributed by atoms with van der Waals surface area (Å²) in [4.78, 5) is 19.4. The Morgan fingerprint density at radius 2 is 2.00 bits per heavy atom. The zero-order valence-corrected chi connectivity index (χ0v) is 10.4. The zero-order chi connectivity index (χ0) is 14.7. The maximum absolute atomic E-state index is 10.1. The molecule has 1 aromatic rings. The minimum Gasteiger partial charge on any atom is -0.465 e. The number of aliphatic hydroxyl groups is 1. The highest BCUT2D eigenvalue weighted by Crippen LogP contribution is 2.03. The van der Waals surface area contributed by atoms with Crippen molar-refractivity contribution < 1.29 is 19.9 Å². The van der Waals surface area contributed by atoms with E-state index in [-0.39, 0.29) is 13.2 Å². The summed E-state index contributed by atoms with van der Waals surface area (Å²) < 4.78 is 0. The van der Waals surface area contributed by atoms with E-state index in [1.807, 2.05) is 6.07 Å². The Balaban J connectivity index is 0.000000344. The van der Waals surface area contributed by atoms with Crippen LogP contribution in [-0.4, -0.2) is 34.4 Å². The van der Waals surface area contributed by atoms with Crippen LogP contribution >= 0.6 is 0 Å². The van der Waals surface area contributed by atoms with Crippen LogP contribution < -0.4 is 5.32 Å². The molecular formula is C12H16N2O5. The molecule has 0 spiro atoms. The zero-order valence-electron chi connectivity index (χ0n) is 10.4. The molecule has 1 rings (SSSR count). The lowest BCUT2D eigenvalue weighted by molar-refractivity contribution is -0.470. The maximum Gasteiger partial charge on any atom is 0.409 e. The summed E-state index contributed by atoms with van der Waals surface area (Å²) in [6.07, 6.45) is 0.384. The average molecular weight is 268 g/mol. The van der Waals surface area contributed by atoms with Gasteiger partial charge in [-0.25, -0.2) is 4.79 Å². The summed E-state index contributed by atoms with van der Waals surface area (Å²) in [6, 6.07) is 8.74. The van der Waals surface area contributed by atoms with Crippen molar-refractivity contribution in [2.24, 2.45) is 0 Å². The summed E-state index contributed by atoms with van der Waals surface area (Å²) in [5, 5.41) is 28.5. The molecule has 104 valence electrons. The molecule has 0 radical (unpaired) electrons. The van der Waals surface area contributed by atoms with Gasteiger partial charge in [0, 0.05) is 10.6 Å². The van der Waals surface area contributed by atoms with Crippen LogP contribution in [0.5, 0.6) is 0 Å². The predicted molar refractivity (Wildman–Crippen MR) is 70.8 cm³/mol. The van der Waals surface area contributed by atoms with Gasteiger partial charge in [0.15, 0.2) is 0 Å². The number of amides is 1. The summed E-state index contributed by atoms with van der Waals surface area (Å²) in [6.45, 7) is 1.30. The minimum absolute atomic E-state index is 0.125. The number of nitro groups is 1. The second-order valence-corrected chi connectivity index (χ2v) is 3.52. The van der Waals surface area contributed by atoms with E-state index < -0.39 is 11.0 Å². The molecule has 19 heavy (non-hydrogen) atoms. The Kier molecular flexibility index (Phi) is 8.38. The van der Waals surface area contributed by atoms with Gasteiger partial charge in [0.1, 0.15) is 0 Å². The van der Waals surface area contributed by atoms with E-state index in [2.05, 4.69) is 5.32 Å². The van der Waals surface area contributed by atoms with Crippen molar-refractivity contribution in [3.63, 3.8) is 0 Å². The van der Waals surface area contributed by atoms with Crippen molar-refractivity contribution in [3.05, 3.63) is 52.1 Å². The molecule has 7 nitrogen and oxygen atoms in total. The number of nitrogens with zero attached hydrogens (tertiary/aromatic N) is 1. The molecule has 0 saturated heterocycles. The van der Waals surface area contributed by atoms with Gasteiger partial charge in [-0.15, -0.1) is 0 Å². The largest absolute Gasteiger partial charge is 0.465 e. The van der Waals surface area contributed by atoms with Gasteiger partial charge >= 0.3 is 6.09 Å².